The Labute approximate surface area is 239 Å². The number of hydrogen-bond acceptors (Lipinski definition) is 8. The third-order valence-electron chi connectivity index (χ3n) is 7.95. The van der Waals surface area contributed by atoms with Crippen LogP contribution in [0.4, 0.5) is 14.6 Å². The fraction of sp³-hybridized carbons (Fsp3) is 0.621. The van der Waals surface area contributed by atoms with Crippen molar-refractivity contribution in [3.63, 3.8) is 0 Å². The average Bonchev–Trinajstić information content (AvgIpc) is 3.81. The number of nitrogens with one attached hydrogen (secondary N) is 2. The number of unbranched alkanes of at least 4 members (excludes halogenated alkanes) is 1. The van der Waals surface area contributed by atoms with Gasteiger partial charge in [0.1, 0.15) is 25.2 Å². The van der Waals surface area contributed by atoms with E-state index in [1.54, 1.807) is 0 Å². The molecule has 12 heteroatoms. The average molecular weight is 575 g/mol. The molecule has 0 spiro atoms. The summed E-state index contributed by atoms with van der Waals surface area (Å²) in [7, 11) is 1.45. The van der Waals surface area contributed by atoms with Crippen LogP contribution in [-0.2, 0) is 39.3 Å². The molecule has 2 aliphatic rings. The maximum atomic E-state index is 13.5. The van der Waals surface area contributed by atoms with Gasteiger partial charge in [-0.3, -0.25) is 14.8 Å². The molecular formula is C29H40F2N6O4. The Bertz CT molecular complexity index is 1180. The van der Waals surface area contributed by atoms with Gasteiger partial charge in [-0.2, -0.15) is 0 Å². The van der Waals surface area contributed by atoms with Gasteiger partial charge in [-0.05, 0) is 69.5 Å². The minimum atomic E-state index is -1.17. The Morgan fingerprint density at radius 1 is 1.20 bits per heavy atom. The number of rotatable bonds is 17. The highest BCUT2D eigenvalue weighted by Crippen LogP contribution is 2.48. The lowest BCUT2D eigenvalue weighted by molar-refractivity contribution is -0.142. The second kappa shape index (κ2) is 14.6. The van der Waals surface area contributed by atoms with Crippen molar-refractivity contribution in [2.75, 3.05) is 45.3 Å². The molecule has 0 aromatic carbocycles. The molecule has 10 nitrogen and oxygen atoms in total. The highest BCUT2D eigenvalue weighted by atomic mass is 19.1. The van der Waals surface area contributed by atoms with E-state index in [-0.39, 0.29) is 17.8 Å². The third-order valence-corrected chi connectivity index (χ3v) is 7.95. The fourth-order valence-corrected chi connectivity index (χ4v) is 5.34. The highest BCUT2D eigenvalue weighted by Gasteiger charge is 2.54. The van der Waals surface area contributed by atoms with E-state index in [0.717, 1.165) is 50.2 Å². The second-order valence-electron chi connectivity index (χ2n) is 10.8. The van der Waals surface area contributed by atoms with Gasteiger partial charge in [-0.25, -0.2) is 18.6 Å². The molecule has 224 valence electrons. The molecule has 41 heavy (non-hydrogen) atoms. The van der Waals surface area contributed by atoms with Crippen molar-refractivity contribution in [2.24, 2.45) is 0 Å². The van der Waals surface area contributed by atoms with E-state index in [1.165, 1.54) is 25.1 Å². The summed E-state index contributed by atoms with van der Waals surface area (Å²) >= 11 is 0. The monoisotopic (exact) mass is 574 g/mol. The first-order valence-corrected chi connectivity index (χ1v) is 14.3. The molecule has 0 bridgehead atoms. The SMILES string of the molecule is COC(CF)CN(CCCCc1ccc2c(n1)NCCC2)CCC(NC(=O)C1(c2nccnc2CF)CC1)C(=O)O. The minimum Gasteiger partial charge on any atom is -0.480 e. The van der Waals surface area contributed by atoms with Crippen LogP contribution in [0.25, 0.3) is 0 Å². The molecule has 4 rings (SSSR count). The van der Waals surface area contributed by atoms with Gasteiger partial charge < -0.3 is 25.4 Å². The molecule has 2 aromatic heterocycles. The molecule has 1 aliphatic heterocycles. The quantitative estimate of drug-likeness (QED) is 0.244. The summed E-state index contributed by atoms with van der Waals surface area (Å²) in [6.07, 6.45) is 7.79. The van der Waals surface area contributed by atoms with Crippen molar-refractivity contribution in [3.8, 4) is 0 Å². The van der Waals surface area contributed by atoms with E-state index >= 15 is 0 Å². The summed E-state index contributed by atoms with van der Waals surface area (Å²) in [5, 5.41) is 15.9. The molecule has 1 saturated carbocycles. The van der Waals surface area contributed by atoms with Crippen LogP contribution in [0.15, 0.2) is 24.5 Å². The number of carbonyl (C=O) groups excluding carboxylic acids is 1. The van der Waals surface area contributed by atoms with Crippen LogP contribution >= 0.6 is 0 Å². The number of methoxy groups -OCH3 is 1. The number of aliphatic carboxylic acids is 1. The number of hydrogen-bond donors (Lipinski definition) is 3. The van der Waals surface area contributed by atoms with E-state index in [9.17, 15) is 23.5 Å². The lowest BCUT2D eigenvalue weighted by Crippen LogP contribution is -2.48. The number of nitrogens with zero attached hydrogens (tertiary/aromatic N) is 4. The summed E-state index contributed by atoms with van der Waals surface area (Å²) in [4.78, 5) is 40.2. The smallest absolute Gasteiger partial charge is 0.326 e. The third kappa shape index (κ3) is 7.94. The topological polar surface area (TPSA) is 130 Å². The van der Waals surface area contributed by atoms with E-state index in [0.29, 0.717) is 32.5 Å². The number of alkyl halides is 2. The Kier molecular flexibility index (Phi) is 10.9. The van der Waals surface area contributed by atoms with Gasteiger partial charge in [-0.1, -0.05) is 6.07 Å². The number of fused-ring (bicyclic) bond motifs is 1. The van der Waals surface area contributed by atoms with Crippen LogP contribution in [-0.4, -0.2) is 88.9 Å². The van der Waals surface area contributed by atoms with Gasteiger partial charge in [0.15, 0.2) is 0 Å². The standard InChI is InChI=1S/C29H40F2N6O4/c1-41-22(17-30)19-37(15-3-2-6-21-8-7-20-5-4-12-34-26(20)35-21)16-9-23(27(38)39)36-28(40)29(10-11-29)25-24(18-31)32-13-14-33-25/h7-8,13-14,22-23H,2-6,9-12,15-19H2,1H3,(H,34,35)(H,36,40)(H,38,39). The Hall–Kier alpha value is -3.25. The first-order chi connectivity index (χ1) is 19.9. The predicted molar refractivity (Wildman–Crippen MR) is 149 cm³/mol. The van der Waals surface area contributed by atoms with Crippen molar-refractivity contribution in [1.29, 1.82) is 0 Å². The van der Waals surface area contributed by atoms with Crippen LogP contribution in [0.5, 0.6) is 0 Å². The normalized spacial score (nSPS) is 16.9. The summed E-state index contributed by atoms with van der Waals surface area (Å²) in [5.74, 6) is -0.687. The number of amides is 1. The number of carboxylic acids is 1. The molecule has 1 aliphatic carbocycles. The van der Waals surface area contributed by atoms with E-state index in [4.69, 9.17) is 9.72 Å². The van der Waals surface area contributed by atoms with E-state index in [1.807, 2.05) is 4.90 Å². The van der Waals surface area contributed by atoms with Gasteiger partial charge >= 0.3 is 5.97 Å². The number of carbonyl (C=O) groups is 2. The number of carboxylic acid groups (broad SMARTS) is 1. The molecule has 3 N–H and O–H groups in total. The summed E-state index contributed by atoms with van der Waals surface area (Å²) < 4.78 is 32.2. The van der Waals surface area contributed by atoms with Crippen LogP contribution in [0.3, 0.4) is 0 Å². The fourth-order valence-electron chi connectivity index (χ4n) is 5.34. The number of ether oxygens (including phenoxy) is 1. The van der Waals surface area contributed by atoms with Crippen molar-refractivity contribution < 1.29 is 28.2 Å². The Morgan fingerprint density at radius 2 is 2.00 bits per heavy atom. The molecule has 0 radical (unpaired) electrons. The van der Waals surface area contributed by atoms with E-state index < -0.39 is 42.8 Å². The van der Waals surface area contributed by atoms with Gasteiger partial charge in [0.25, 0.3) is 0 Å². The van der Waals surface area contributed by atoms with Crippen molar-refractivity contribution in [2.45, 2.75) is 75.6 Å². The molecular weight excluding hydrogens is 534 g/mol. The van der Waals surface area contributed by atoms with Gasteiger partial charge in [0, 0.05) is 44.8 Å². The predicted octanol–water partition coefficient (Wildman–Crippen LogP) is 3.00. The number of aryl methyl sites for hydroxylation is 2. The zero-order valence-electron chi connectivity index (χ0n) is 23.6. The molecule has 2 atom stereocenters. The Balaban J connectivity index is 1.33. The summed E-state index contributed by atoms with van der Waals surface area (Å²) in [5.41, 5.74) is 1.57. The van der Waals surface area contributed by atoms with Gasteiger partial charge in [-0.15, -0.1) is 0 Å². The zero-order valence-corrected chi connectivity index (χ0v) is 23.6. The van der Waals surface area contributed by atoms with Crippen molar-refractivity contribution in [1.82, 2.24) is 25.2 Å². The number of halogens is 2. The molecule has 3 heterocycles. The van der Waals surface area contributed by atoms with Crippen LogP contribution in [0.1, 0.15) is 61.2 Å². The van der Waals surface area contributed by atoms with Crippen molar-refractivity contribution >= 4 is 17.7 Å². The maximum Gasteiger partial charge on any atom is 0.326 e. The molecule has 1 amide bonds. The number of aromatic nitrogens is 3. The lowest BCUT2D eigenvalue weighted by Gasteiger charge is -2.27. The largest absolute Gasteiger partial charge is 0.480 e. The first kappa shape index (κ1) is 30.7. The van der Waals surface area contributed by atoms with Crippen molar-refractivity contribution in [3.05, 3.63) is 47.2 Å². The molecule has 1 fully saturated rings. The van der Waals surface area contributed by atoms with E-state index in [2.05, 4.69) is 32.7 Å². The lowest BCUT2D eigenvalue weighted by atomic mass is 9.98. The Morgan fingerprint density at radius 3 is 2.71 bits per heavy atom. The number of anilines is 1. The van der Waals surface area contributed by atoms with Crippen LogP contribution in [0, 0.1) is 0 Å². The minimum absolute atomic E-state index is 0.0943. The van der Waals surface area contributed by atoms with Crippen LogP contribution < -0.4 is 10.6 Å². The first-order valence-electron chi connectivity index (χ1n) is 14.3. The second-order valence-corrected chi connectivity index (χ2v) is 10.8. The zero-order chi connectivity index (χ0) is 29.2. The number of pyridine rings is 1. The van der Waals surface area contributed by atoms with Gasteiger partial charge in [0.05, 0.1) is 22.9 Å². The highest BCUT2D eigenvalue weighted by molar-refractivity contribution is 5.93. The summed E-state index contributed by atoms with van der Waals surface area (Å²) in [6, 6.07) is 3.04. The molecule has 0 saturated heterocycles. The summed E-state index contributed by atoms with van der Waals surface area (Å²) in [6.45, 7) is 0.668. The van der Waals surface area contributed by atoms with Crippen LogP contribution in [0.2, 0.25) is 0 Å². The molecule has 2 aromatic rings. The van der Waals surface area contributed by atoms with Gasteiger partial charge in [0.2, 0.25) is 5.91 Å². The molecule has 2 unspecified atom stereocenters. The maximum absolute atomic E-state index is 13.5.